The Bertz CT molecular complexity index is 129. The Morgan fingerprint density at radius 2 is 1.50 bits per heavy atom. The summed E-state index contributed by atoms with van der Waals surface area (Å²) in [6.07, 6.45) is 1.16. The highest BCUT2D eigenvalue weighted by Gasteiger charge is 2.13. The normalized spacial score (nSPS) is 13.3. The number of rotatable bonds is 7. The first-order chi connectivity index (χ1) is 6.45. The molecule has 0 aromatic heterocycles. The largest absolute Gasteiger partial charge is 0.346 e. The van der Waals surface area contributed by atoms with E-state index in [4.69, 9.17) is 4.52 Å². The molecule has 0 saturated carbocycles. The van der Waals surface area contributed by atoms with E-state index in [0.717, 1.165) is 18.9 Å². The molecule has 1 unspecified atom stereocenters. The zero-order valence-electron chi connectivity index (χ0n) is 10.5. The van der Waals surface area contributed by atoms with E-state index in [1.807, 2.05) is 0 Å². The van der Waals surface area contributed by atoms with Gasteiger partial charge in [0.25, 0.3) is 0 Å². The second-order valence-electron chi connectivity index (χ2n) is 4.72. The first-order valence-electron chi connectivity index (χ1n) is 5.61. The molecule has 1 atom stereocenters. The van der Waals surface area contributed by atoms with E-state index >= 15 is 0 Å². The summed E-state index contributed by atoms with van der Waals surface area (Å²) in [6.45, 7) is 14.2. The summed E-state index contributed by atoms with van der Waals surface area (Å²) in [5.74, 6) is 0.742. The van der Waals surface area contributed by atoms with E-state index in [1.165, 1.54) is 0 Å². The predicted octanol–water partition coefficient (Wildman–Crippen LogP) is 3.68. The van der Waals surface area contributed by atoms with Crippen molar-refractivity contribution in [3.8, 4) is 0 Å². The summed E-state index contributed by atoms with van der Waals surface area (Å²) in [4.78, 5) is 0. The van der Waals surface area contributed by atoms with Gasteiger partial charge in [0, 0.05) is 12.1 Å². The van der Waals surface area contributed by atoms with Crippen LogP contribution < -0.4 is 0 Å². The first kappa shape index (κ1) is 14.3. The number of nitrogens with zero attached hydrogens (tertiary/aromatic N) is 1. The van der Waals surface area contributed by atoms with Gasteiger partial charge in [0.1, 0.15) is 0 Å². The van der Waals surface area contributed by atoms with Crippen LogP contribution in [0.5, 0.6) is 0 Å². The molecular weight excluding hydrogens is 193 g/mol. The van der Waals surface area contributed by atoms with Crippen LogP contribution in [0.1, 0.15) is 48.0 Å². The van der Waals surface area contributed by atoms with Crippen LogP contribution in [-0.2, 0) is 4.52 Å². The molecule has 3 heteroatoms. The van der Waals surface area contributed by atoms with Crippen LogP contribution in [0.25, 0.3) is 0 Å². The molecule has 0 amide bonds. The molecule has 0 spiro atoms. The van der Waals surface area contributed by atoms with E-state index in [0.29, 0.717) is 21.0 Å². The molecule has 0 radical (unpaired) electrons. The molecule has 0 rings (SSSR count). The molecular formula is C11H26NOP. The first-order valence-corrected chi connectivity index (χ1v) is 6.46. The average molecular weight is 219 g/mol. The molecule has 0 aliphatic heterocycles. The highest BCUT2D eigenvalue weighted by Crippen LogP contribution is 2.26. The number of hydrogen-bond acceptors (Lipinski definition) is 2. The fourth-order valence-corrected chi connectivity index (χ4v) is 2.00. The molecule has 0 aliphatic rings. The van der Waals surface area contributed by atoms with E-state index in [2.05, 4.69) is 46.2 Å². The van der Waals surface area contributed by atoms with Crippen molar-refractivity contribution >= 4 is 8.96 Å². The van der Waals surface area contributed by atoms with Gasteiger partial charge in [-0.1, -0.05) is 13.8 Å². The van der Waals surface area contributed by atoms with Gasteiger partial charge >= 0.3 is 0 Å². The smallest absolute Gasteiger partial charge is 0.0893 e. The number of hydrogen-bond donors (Lipinski definition) is 0. The van der Waals surface area contributed by atoms with Crippen LogP contribution >= 0.6 is 8.96 Å². The van der Waals surface area contributed by atoms with Gasteiger partial charge < -0.3 is 4.52 Å². The Balaban J connectivity index is 3.62. The maximum absolute atomic E-state index is 5.68. The molecule has 0 aromatic rings. The van der Waals surface area contributed by atoms with E-state index in [9.17, 15) is 0 Å². The maximum Gasteiger partial charge on any atom is 0.0893 e. The summed E-state index contributed by atoms with van der Waals surface area (Å²) < 4.78 is 8.07. The predicted molar refractivity (Wildman–Crippen MR) is 65.8 cm³/mol. The SMILES string of the molecule is CC(C)CCOPN(C(C)C)C(C)C. The highest BCUT2D eigenvalue weighted by molar-refractivity contribution is 7.29. The Morgan fingerprint density at radius 1 is 1.00 bits per heavy atom. The lowest BCUT2D eigenvalue weighted by Gasteiger charge is -2.29. The van der Waals surface area contributed by atoms with Gasteiger partial charge in [0.05, 0.1) is 15.6 Å². The molecule has 0 aliphatic carbocycles. The second-order valence-corrected chi connectivity index (χ2v) is 5.70. The molecule has 0 saturated heterocycles. The van der Waals surface area contributed by atoms with E-state index in [1.54, 1.807) is 0 Å². The van der Waals surface area contributed by atoms with Crippen molar-refractivity contribution in [1.82, 2.24) is 4.67 Å². The lowest BCUT2D eigenvalue weighted by molar-refractivity contribution is 0.256. The van der Waals surface area contributed by atoms with Gasteiger partial charge in [0.2, 0.25) is 0 Å². The molecule has 14 heavy (non-hydrogen) atoms. The molecule has 0 fully saturated rings. The third-order valence-electron chi connectivity index (χ3n) is 2.08. The van der Waals surface area contributed by atoms with E-state index < -0.39 is 0 Å². The van der Waals surface area contributed by atoms with Crippen molar-refractivity contribution in [3.63, 3.8) is 0 Å². The quantitative estimate of drug-likeness (QED) is 0.478. The topological polar surface area (TPSA) is 12.5 Å². The maximum atomic E-state index is 5.68. The zero-order valence-corrected chi connectivity index (χ0v) is 11.5. The minimum atomic E-state index is 0.517. The lowest BCUT2D eigenvalue weighted by atomic mass is 10.2. The summed E-state index contributed by atoms with van der Waals surface area (Å²) in [5.41, 5.74) is 0. The molecule has 0 N–H and O–H groups in total. The summed E-state index contributed by atoms with van der Waals surface area (Å²) in [6, 6.07) is 1.15. The van der Waals surface area contributed by atoms with Gasteiger partial charge in [-0.3, -0.25) is 4.67 Å². The van der Waals surface area contributed by atoms with Crippen LogP contribution in [0.3, 0.4) is 0 Å². The highest BCUT2D eigenvalue weighted by atomic mass is 31.1. The van der Waals surface area contributed by atoms with E-state index in [-0.39, 0.29) is 0 Å². The summed E-state index contributed by atoms with van der Waals surface area (Å²) >= 11 is 0. The Kier molecular flexibility index (Phi) is 7.81. The summed E-state index contributed by atoms with van der Waals surface area (Å²) in [7, 11) is 0.517. The van der Waals surface area contributed by atoms with Crippen molar-refractivity contribution < 1.29 is 4.52 Å². The fourth-order valence-electron chi connectivity index (χ4n) is 1.22. The lowest BCUT2D eigenvalue weighted by Crippen LogP contribution is -2.29. The molecule has 86 valence electrons. The standard InChI is InChI=1S/C11H26NOP/c1-9(2)7-8-13-14-12(10(3)4)11(5)6/h9-11,14H,7-8H2,1-6H3. The minimum absolute atomic E-state index is 0.517. The Labute approximate surface area is 91.3 Å². The van der Waals surface area contributed by atoms with Crippen molar-refractivity contribution in [2.24, 2.45) is 5.92 Å². The van der Waals surface area contributed by atoms with Crippen molar-refractivity contribution in [3.05, 3.63) is 0 Å². The molecule has 2 nitrogen and oxygen atoms in total. The van der Waals surface area contributed by atoms with Crippen molar-refractivity contribution in [2.45, 2.75) is 60.0 Å². The van der Waals surface area contributed by atoms with Gasteiger partial charge in [-0.2, -0.15) is 0 Å². The zero-order chi connectivity index (χ0) is 11.1. The van der Waals surface area contributed by atoms with Crippen molar-refractivity contribution in [1.29, 1.82) is 0 Å². The minimum Gasteiger partial charge on any atom is -0.346 e. The molecule has 0 heterocycles. The van der Waals surface area contributed by atoms with Crippen LogP contribution in [0.2, 0.25) is 0 Å². The van der Waals surface area contributed by atoms with Crippen LogP contribution in [-0.4, -0.2) is 23.4 Å². The fraction of sp³-hybridized carbons (Fsp3) is 1.00. The molecule has 0 bridgehead atoms. The van der Waals surface area contributed by atoms with Crippen LogP contribution in [0.15, 0.2) is 0 Å². The van der Waals surface area contributed by atoms with Gasteiger partial charge in [-0.15, -0.1) is 0 Å². The van der Waals surface area contributed by atoms with Crippen molar-refractivity contribution in [2.75, 3.05) is 6.61 Å². The van der Waals surface area contributed by atoms with Gasteiger partial charge in [0.15, 0.2) is 0 Å². The molecule has 0 aromatic carbocycles. The third-order valence-corrected chi connectivity index (χ3v) is 3.66. The second kappa shape index (κ2) is 7.62. The summed E-state index contributed by atoms with van der Waals surface area (Å²) in [5, 5.41) is 0. The Hall–Kier alpha value is 0.350. The Morgan fingerprint density at radius 3 is 1.86 bits per heavy atom. The van der Waals surface area contributed by atoms with Crippen LogP contribution in [0, 0.1) is 5.92 Å². The van der Waals surface area contributed by atoms with Gasteiger partial charge in [-0.05, 0) is 40.0 Å². The monoisotopic (exact) mass is 219 g/mol. The third kappa shape index (κ3) is 6.75. The van der Waals surface area contributed by atoms with Crippen LogP contribution in [0.4, 0.5) is 0 Å². The average Bonchev–Trinajstić information content (AvgIpc) is 2.01. The van der Waals surface area contributed by atoms with Gasteiger partial charge in [-0.25, -0.2) is 0 Å².